The highest BCUT2D eigenvalue weighted by Crippen LogP contribution is 2.23. The lowest BCUT2D eigenvalue weighted by molar-refractivity contribution is -0.123. The second kappa shape index (κ2) is 7.31. The van der Waals surface area contributed by atoms with Crippen LogP contribution in [0.15, 0.2) is 18.2 Å². The number of rotatable bonds is 7. The molecule has 1 aromatic rings. The number of ether oxygens (including phenoxy) is 1. The van der Waals surface area contributed by atoms with E-state index < -0.39 is 0 Å². The average Bonchev–Trinajstić information content (AvgIpc) is 3.27. The summed E-state index contributed by atoms with van der Waals surface area (Å²) in [5.74, 6) is 0.380. The number of carbonyl (C=O) groups is 2. The van der Waals surface area contributed by atoms with Crippen LogP contribution in [0.5, 0.6) is 5.75 Å². The minimum absolute atomic E-state index is 0.0349. The molecule has 2 amide bonds. The number of hydrogen-bond acceptors (Lipinski definition) is 3. The van der Waals surface area contributed by atoms with Gasteiger partial charge in [-0.3, -0.25) is 9.59 Å². The molecule has 2 rings (SSSR count). The van der Waals surface area contributed by atoms with E-state index in [1.54, 1.807) is 25.1 Å². The summed E-state index contributed by atoms with van der Waals surface area (Å²) in [6, 6.07) is 5.45. The molecule has 0 spiro atoms. The van der Waals surface area contributed by atoms with Crippen LogP contribution in [0.3, 0.4) is 0 Å². The molecule has 114 valence electrons. The lowest BCUT2D eigenvalue weighted by atomic mass is 10.2. The lowest BCUT2D eigenvalue weighted by Gasteiger charge is -2.12. The molecule has 1 aromatic carbocycles. The molecule has 1 aliphatic carbocycles. The van der Waals surface area contributed by atoms with Gasteiger partial charge in [0.15, 0.2) is 6.61 Å². The first-order valence-corrected chi connectivity index (χ1v) is 7.43. The van der Waals surface area contributed by atoms with Crippen molar-refractivity contribution in [2.24, 2.45) is 0 Å². The summed E-state index contributed by atoms with van der Waals surface area (Å²) in [5.41, 5.74) is 0.753. The fraction of sp³-hybridized carbons (Fsp3) is 0.467. The molecule has 0 radical (unpaired) electrons. The highest BCUT2D eigenvalue weighted by Gasteiger charge is 2.23. The van der Waals surface area contributed by atoms with Gasteiger partial charge in [0.2, 0.25) is 5.91 Å². The Bertz CT molecular complexity index is 530. The lowest BCUT2D eigenvalue weighted by Crippen LogP contribution is -2.30. The van der Waals surface area contributed by atoms with Crippen LogP contribution in [0.2, 0.25) is 5.02 Å². The van der Waals surface area contributed by atoms with Crippen molar-refractivity contribution in [3.63, 3.8) is 0 Å². The van der Waals surface area contributed by atoms with Crippen molar-refractivity contribution in [3.05, 3.63) is 28.8 Å². The topological polar surface area (TPSA) is 67.4 Å². The number of benzene rings is 1. The summed E-state index contributed by atoms with van der Waals surface area (Å²) in [6.07, 6.45) is 2.50. The predicted octanol–water partition coefficient (Wildman–Crippen LogP) is 2.02. The number of hydrogen-bond donors (Lipinski definition) is 2. The van der Waals surface area contributed by atoms with Gasteiger partial charge in [0.05, 0.1) is 0 Å². The predicted molar refractivity (Wildman–Crippen MR) is 80.2 cm³/mol. The number of carbonyl (C=O) groups excluding carboxylic acids is 2. The Morgan fingerprint density at radius 2 is 2.10 bits per heavy atom. The molecule has 0 heterocycles. The standard InChI is InChI=1S/C15H19ClN2O3/c1-2-14(19)17-8-10-7-11(16)3-6-13(10)21-9-15(20)18-12-4-5-12/h3,6-7,12H,2,4-5,8-9H2,1H3,(H,17,19)(H,18,20). The number of nitrogens with one attached hydrogen (secondary N) is 2. The van der Waals surface area contributed by atoms with Crippen molar-refractivity contribution in [1.82, 2.24) is 10.6 Å². The quantitative estimate of drug-likeness (QED) is 0.809. The summed E-state index contributed by atoms with van der Waals surface area (Å²) >= 11 is 5.96. The zero-order chi connectivity index (χ0) is 15.2. The highest BCUT2D eigenvalue weighted by atomic mass is 35.5. The van der Waals surface area contributed by atoms with Crippen molar-refractivity contribution in [2.45, 2.75) is 38.8 Å². The van der Waals surface area contributed by atoms with Crippen molar-refractivity contribution in [1.29, 1.82) is 0 Å². The van der Waals surface area contributed by atoms with Gasteiger partial charge in [0.25, 0.3) is 5.91 Å². The van der Waals surface area contributed by atoms with Gasteiger partial charge in [-0.2, -0.15) is 0 Å². The van der Waals surface area contributed by atoms with Gasteiger partial charge in [0, 0.05) is 29.6 Å². The highest BCUT2D eigenvalue weighted by molar-refractivity contribution is 6.30. The van der Waals surface area contributed by atoms with Gasteiger partial charge in [0.1, 0.15) is 5.75 Å². The Morgan fingerprint density at radius 1 is 1.33 bits per heavy atom. The Morgan fingerprint density at radius 3 is 2.76 bits per heavy atom. The van der Waals surface area contributed by atoms with Crippen LogP contribution in [0.1, 0.15) is 31.7 Å². The molecule has 0 aliphatic heterocycles. The molecular weight excluding hydrogens is 292 g/mol. The van der Waals surface area contributed by atoms with E-state index in [1.165, 1.54) is 0 Å². The second-order valence-electron chi connectivity index (χ2n) is 5.01. The molecule has 1 fully saturated rings. The molecule has 6 heteroatoms. The van der Waals surface area contributed by atoms with E-state index in [-0.39, 0.29) is 18.4 Å². The zero-order valence-electron chi connectivity index (χ0n) is 11.9. The van der Waals surface area contributed by atoms with Crippen LogP contribution in [0.4, 0.5) is 0 Å². The summed E-state index contributed by atoms with van der Waals surface area (Å²) in [7, 11) is 0. The third-order valence-electron chi connectivity index (χ3n) is 3.12. The zero-order valence-corrected chi connectivity index (χ0v) is 12.7. The van der Waals surface area contributed by atoms with E-state index in [1.807, 2.05) is 0 Å². The fourth-order valence-corrected chi connectivity index (χ4v) is 1.98. The van der Waals surface area contributed by atoms with Gasteiger partial charge >= 0.3 is 0 Å². The third-order valence-corrected chi connectivity index (χ3v) is 3.36. The Hall–Kier alpha value is -1.75. The number of halogens is 1. The van der Waals surface area contributed by atoms with Crippen molar-refractivity contribution < 1.29 is 14.3 Å². The molecule has 0 saturated heterocycles. The maximum atomic E-state index is 11.6. The molecule has 5 nitrogen and oxygen atoms in total. The van der Waals surface area contributed by atoms with E-state index >= 15 is 0 Å². The molecule has 0 atom stereocenters. The summed E-state index contributed by atoms with van der Waals surface area (Å²) in [4.78, 5) is 23.0. The van der Waals surface area contributed by atoms with Crippen LogP contribution in [0.25, 0.3) is 0 Å². The van der Waals surface area contributed by atoms with Gasteiger partial charge in [-0.15, -0.1) is 0 Å². The van der Waals surface area contributed by atoms with Crippen LogP contribution < -0.4 is 15.4 Å². The van der Waals surface area contributed by atoms with Crippen molar-refractivity contribution in [2.75, 3.05) is 6.61 Å². The van der Waals surface area contributed by atoms with E-state index in [9.17, 15) is 9.59 Å². The maximum absolute atomic E-state index is 11.6. The Labute approximate surface area is 129 Å². The van der Waals surface area contributed by atoms with Crippen molar-refractivity contribution >= 4 is 23.4 Å². The maximum Gasteiger partial charge on any atom is 0.258 e. The molecule has 0 aromatic heterocycles. The van der Waals surface area contributed by atoms with Gasteiger partial charge in [-0.1, -0.05) is 18.5 Å². The molecule has 1 aliphatic rings. The normalized spacial score (nSPS) is 13.6. The minimum atomic E-state index is -0.129. The summed E-state index contributed by atoms with van der Waals surface area (Å²) in [6.45, 7) is 2.08. The van der Waals surface area contributed by atoms with Crippen LogP contribution in [0, 0.1) is 0 Å². The number of amides is 2. The Kier molecular flexibility index (Phi) is 5.44. The largest absolute Gasteiger partial charge is 0.483 e. The molecule has 2 N–H and O–H groups in total. The van der Waals surface area contributed by atoms with E-state index in [0.717, 1.165) is 18.4 Å². The van der Waals surface area contributed by atoms with Gasteiger partial charge in [-0.25, -0.2) is 0 Å². The smallest absolute Gasteiger partial charge is 0.258 e. The van der Waals surface area contributed by atoms with E-state index in [0.29, 0.717) is 29.8 Å². The summed E-state index contributed by atoms with van der Waals surface area (Å²) < 4.78 is 5.53. The van der Waals surface area contributed by atoms with Crippen molar-refractivity contribution in [3.8, 4) is 5.75 Å². The molecular formula is C15H19ClN2O3. The minimum Gasteiger partial charge on any atom is -0.483 e. The van der Waals surface area contributed by atoms with Gasteiger partial charge in [-0.05, 0) is 31.0 Å². The van der Waals surface area contributed by atoms with Crippen LogP contribution in [-0.4, -0.2) is 24.5 Å². The van der Waals surface area contributed by atoms with E-state index in [2.05, 4.69) is 10.6 Å². The second-order valence-corrected chi connectivity index (χ2v) is 5.45. The van der Waals surface area contributed by atoms with Crippen LogP contribution in [-0.2, 0) is 16.1 Å². The monoisotopic (exact) mass is 310 g/mol. The molecule has 21 heavy (non-hydrogen) atoms. The van der Waals surface area contributed by atoms with E-state index in [4.69, 9.17) is 16.3 Å². The third kappa shape index (κ3) is 5.27. The molecule has 1 saturated carbocycles. The van der Waals surface area contributed by atoms with Gasteiger partial charge < -0.3 is 15.4 Å². The first-order chi connectivity index (χ1) is 10.1. The SMILES string of the molecule is CCC(=O)NCc1cc(Cl)ccc1OCC(=O)NC1CC1. The summed E-state index contributed by atoms with van der Waals surface area (Å²) in [5, 5.41) is 6.18. The Balaban J connectivity index is 1.93. The molecule has 0 bridgehead atoms. The first-order valence-electron chi connectivity index (χ1n) is 7.05. The first kappa shape index (κ1) is 15.6. The molecule has 0 unspecified atom stereocenters. The fourth-order valence-electron chi connectivity index (χ4n) is 1.79. The van der Waals surface area contributed by atoms with Crippen LogP contribution >= 0.6 is 11.6 Å². The average molecular weight is 311 g/mol.